The Hall–Kier alpha value is -0.600. The third-order valence-electron chi connectivity index (χ3n) is 2.92. The fourth-order valence-corrected chi connectivity index (χ4v) is 3.14. The third kappa shape index (κ3) is 2.80. The number of hydrogen-bond donors (Lipinski definition) is 2. The molecule has 1 aromatic heterocycles. The van der Waals surface area contributed by atoms with Crippen LogP contribution in [-0.4, -0.2) is 26.4 Å². The highest BCUT2D eigenvalue weighted by Gasteiger charge is 2.30. The Balaban J connectivity index is 2.43. The summed E-state index contributed by atoms with van der Waals surface area (Å²) in [6, 6.07) is 0. The van der Waals surface area contributed by atoms with Crippen LogP contribution in [0.1, 0.15) is 35.5 Å². The molecule has 19 heavy (non-hydrogen) atoms. The summed E-state index contributed by atoms with van der Waals surface area (Å²) in [6.45, 7) is 2.85. The largest absolute Gasteiger partial charge is 0.381 e. The number of allylic oxidation sites excluding steroid dienone is 1. The number of aliphatic hydroxyl groups is 1. The van der Waals surface area contributed by atoms with E-state index in [0.717, 1.165) is 17.7 Å². The van der Waals surface area contributed by atoms with Crippen molar-refractivity contribution in [1.82, 2.24) is 9.78 Å². The average Bonchev–Trinajstić information content (AvgIpc) is 2.61. The van der Waals surface area contributed by atoms with Crippen LogP contribution < -0.4 is 5.32 Å². The van der Waals surface area contributed by atoms with Gasteiger partial charge in [0.1, 0.15) is 5.60 Å². The van der Waals surface area contributed by atoms with Gasteiger partial charge in [-0.05, 0) is 20.3 Å². The molecule has 0 spiro atoms. The quantitative estimate of drug-likeness (QED) is 0.597. The average molecular weight is 396 g/mol. The highest BCUT2D eigenvalue weighted by Crippen LogP contribution is 2.43. The summed E-state index contributed by atoms with van der Waals surface area (Å²) in [6.07, 6.45) is 2.76. The molecule has 7 heteroatoms. The van der Waals surface area contributed by atoms with Crippen LogP contribution in [0.15, 0.2) is 6.08 Å². The Morgan fingerprint density at radius 2 is 2.32 bits per heavy atom. The van der Waals surface area contributed by atoms with Crippen molar-refractivity contribution in [3.8, 4) is 0 Å². The molecule has 0 aromatic carbocycles. The second-order valence-corrected chi connectivity index (χ2v) is 6.91. The van der Waals surface area contributed by atoms with E-state index in [0.29, 0.717) is 10.9 Å². The first-order chi connectivity index (χ1) is 8.71. The minimum Gasteiger partial charge on any atom is -0.381 e. The van der Waals surface area contributed by atoms with Gasteiger partial charge in [0.25, 0.3) is 5.91 Å². The highest BCUT2D eigenvalue weighted by molar-refractivity contribution is 14.1. The first kappa shape index (κ1) is 14.8. The molecule has 1 aliphatic carbocycles. The molecule has 0 aliphatic heterocycles. The Morgan fingerprint density at radius 1 is 1.68 bits per heavy atom. The number of rotatable bonds is 2. The van der Waals surface area contributed by atoms with E-state index in [1.54, 1.807) is 4.68 Å². The van der Waals surface area contributed by atoms with Crippen molar-refractivity contribution in [2.24, 2.45) is 7.05 Å². The van der Waals surface area contributed by atoms with E-state index < -0.39 is 11.5 Å². The number of nitrogens with zero attached hydrogens (tertiary/aromatic N) is 2. The molecule has 0 fully saturated rings. The molecule has 1 aromatic rings. The Morgan fingerprint density at radius 3 is 2.89 bits per heavy atom. The smallest absolute Gasteiger partial charge is 0.256 e. The molecule has 0 saturated carbocycles. The zero-order valence-corrected chi connectivity index (χ0v) is 13.8. The Kier molecular flexibility index (Phi) is 3.95. The number of nitrogens with one attached hydrogen (secondary N) is 1. The monoisotopic (exact) mass is 395 g/mol. The van der Waals surface area contributed by atoms with Gasteiger partial charge in [-0.3, -0.25) is 9.48 Å². The second-order valence-electron chi connectivity index (χ2n) is 5.00. The molecule has 1 atom stereocenters. The SMILES string of the molecule is Cn1nc(NC(=O)C(C)(C)O)c2c1C(I)CC=C2Cl. The molecule has 0 saturated heterocycles. The van der Waals surface area contributed by atoms with Crippen molar-refractivity contribution in [3.63, 3.8) is 0 Å². The van der Waals surface area contributed by atoms with Crippen molar-refractivity contribution >= 4 is 50.9 Å². The first-order valence-electron chi connectivity index (χ1n) is 5.82. The molecule has 0 bridgehead atoms. The number of hydrogen-bond acceptors (Lipinski definition) is 3. The minimum atomic E-state index is -1.46. The van der Waals surface area contributed by atoms with Gasteiger partial charge in [0, 0.05) is 12.1 Å². The summed E-state index contributed by atoms with van der Waals surface area (Å²) in [5.41, 5.74) is 0.269. The lowest BCUT2D eigenvalue weighted by atomic mass is 10.0. The molecule has 1 heterocycles. The molecular weight excluding hydrogens is 381 g/mol. The van der Waals surface area contributed by atoms with Crippen LogP contribution >= 0.6 is 34.2 Å². The van der Waals surface area contributed by atoms with Gasteiger partial charge in [0.2, 0.25) is 0 Å². The number of carbonyl (C=O) groups excluding carboxylic acids is 1. The normalized spacial score (nSPS) is 18.8. The van der Waals surface area contributed by atoms with Crippen molar-refractivity contribution < 1.29 is 9.90 Å². The van der Waals surface area contributed by atoms with Crippen LogP contribution in [0.4, 0.5) is 5.82 Å². The van der Waals surface area contributed by atoms with Crippen LogP contribution in [0.2, 0.25) is 0 Å². The minimum absolute atomic E-state index is 0.264. The molecule has 1 unspecified atom stereocenters. The number of carbonyl (C=O) groups is 1. The molecule has 2 N–H and O–H groups in total. The summed E-state index contributed by atoms with van der Waals surface area (Å²) in [4.78, 5) is 11.8. The predicted molar refractivity (Wildman–Crippen MR) is 83.3 cm³/mol. The summed E-state index contributed by atoms with van der Waals surface area (Å²) in [5, 5.41) is 17.2. The van der Waals surface area contributed by atoms with E-state index in [4.69, 9.17) is 11.6 Å². The maximum Gasteiger partial charge on any atom is 0.256 e. The standard InChI is InChI=1S/C12H15ClIN3O2/c1-12(2,19)11(18)15-10-8-6(13)4-5-7(14)9(8)17(3)16-10/h4,7,19H,5H2,1-3H3,(H,15,16,18). The van der Waals surface area contributed by atoms with Crippen LogP contribution in [0.5, 0.6) is 0 Å². The lowest BCUT2D eigenvalue weighted by Crippen LogP contribution is -2.37. The van der Waals surface area contributed by atoms with Gasteiger partial charge in [-0.1, -0.05) is 40.3 Å². The number of amides is 1. The zero-order valence-electron chi connectivity index (χ0n) is 10.9. The van der Waals surface area contributed by atoms with E-state index in [2.05, 4.69) is 33.0 Å². The van der Waals surface area contributed by atoms with Crippen molar-refractivity contribution in [2.45, 2.75) is 29.8 Å². The number of alkyl halides is 1. The van der Waals surface area contributed by atoms with E-state index in [-0.39, 0.29) is 3.92 Å². The summed E-state index contributed by atoms with van der Waals surface area (Å²) >= 11 is 8.54. The fourth-order valence-electron chi connectivity index (χ4n) is 1.90. The van der Waals surface area contributed by atoms with E-state index >= 15 is 0 Å². The molecule has 1 amide bonds. The van der Waals surface area contributed by atoms with Gasteiger partial charge in [0.05, 0.1) is 15.2 Å². The number of halogens is 2. The Labute approximate surface area is 130 Å². The Bertz CT molecular complexity index is 560. The van der Waals surface area contributed by atoms with Crippen LogP contribution in [-0.2, 0) is 11.8 Å². The van der Waals surface area contributed by atoms with Gasteiger partial charge in [-0.25, -0.2) is 0 Å². The molecule has 1 aliphatic rings. The number of aryl methyl sites for hydroxylation is 1. The van der Waals surface area contributed by atoms with Gasteiger partial charge in [-0.15, -0.1) is 0 Å². The third-order valence-corrected chi connectivity index (χ3v) is 4.36. The number of anilines is 1. The van der Waals surface area contributed by atoms with E-state index in [1.807, 2.05) is 13.1 Å². The van der Waals surface area contributed by atoms with Gasteiger partial charge in [-0.2, -0.15) is 5.10 Å². The first-order valence-corrected chi connectivity index (χ1v) is 7.45. The topological polar surface area (TPSA) is 67.2 Å². The molecule has 2 rings (SSSR count). The van der Waals surface area contributed by atoms with Gasteiger partial charge in [0.15, 0.2) is 5.82 Å². The molecule has 104 valence electrons. The molecular formula is C12H15ClIN3O2. The number of fused-ring (bicyclic) bond motifs is 1. The lowest BCUT2D eigenvalue weighted by Gasteiger charge is -2.18. The van der Waals surface area contributed by atoms with Crippen LogP contribution in [0.3, 0.4) is 0 Å². The van der Waals surface area contributed by atoms with Crippen LogP contribution in [0.25, 0.3) is 5.03 Å². The second kappa shape index (κ2) is 5.06. The molecule has 0 radical (unpaired) electrons. The van der Waals surface area contributed by atoms with Crippen molar-refractivity contribution in [2.75, 3.05) is 5.32 Å². The lowest BCUT2D eigenvalue weighted by molar-refractivity contribution is -0.130. The van der Waals surface area contributed by atoms with Crippen molar-refractivity contribution in [3.05, 3.63) is 17.3 Å². The highest BCUT2D eigenvalue weighted by atomic mass is 127. The van der Waals surface area contributed by atoms with E-state index in [1.165, 1.54) is 13.8 Å². The summed E-state index contributed by atoms with van der Waals surface area (Å²) in [5.74, 6) is -0.110. The summed E-state index contributed by atoms with van der Waals surface area (Å²) in [7, 11) is 1.82. The van der Waals surface area contributed by atoms with Crippen LogP contribution in [0, 0.1) is 0 Å². The zero-order chi connectivity index (χ0) is 14.4. The van der Waals surface area contributed by atoms with E-state index in [9.17, 15) is 9.90 Å². The van der Waals surface area contributed by atoms with Crippen molar-refractivity contribution in [1.29, 1.82) is 0 Å². The summed E-state index contributed by atoms with van der Waals surface area (Å²) < 4.78 is 1.99. The maximum atomic E-state index is 11.8. The fraction of sp³-hybridized carbons (Fsp3) is 0.500. The predicted octanol–water partition coefficient (Wildman–Crippen LogP) is 2.59. The maximum absolute atomic E-state index is 11.8. The van der Waals surface area contributed by atoms with Gasteiger partial charge >= 0.3 is 0 Å². The number of aromatic nitrogens is 2. The molecule has 5 nitrogen and oxygen atoms in total. The van der Waals surface area contributed by atoms with Gasteiger partial charge < -0.3 is 10.4 Å².